The smallest absolute Gasteiger partial charge is 0.0366 e. The largest absolute Gasteiger partial charge is 0.375 e. The Bertz CT molecular complexity index is 360. The molecule has 1 aromatic carbocycles. The van der Waals surface area contributed by atoms with E-state index in [-0.39, 0.29) is 0 Å². The predicted molar refractivity (Wildman–Crippen MR) is 90.6 cm³/mol. The maximum absolute atomic E-state index is 3.51. The van der Waals surface area contributed by atoms with Gasteiger partial charge in [-0.15, -0.1) is 0 Å². The van der Waals surface area contributed by atoms with Crippen molar-refractivity contribution in [1.82, 2.24) is 5.32 Å². The van der Waals surface area contributed by atoms with Gasteiger partial charge in [0.2, 0.25) is 0 Å². The third-order valence-electron chi connectivity index (χ3n) is 3.59. The van der Waals surface area contributed by atoms with E-state index in [2.05, 4.69) is 62.3 Å². The molecular formula is C18H32N2. The van der Waals surface area contributed by atoms with Crippen LogP contribution >= 0.6 is 0 Å². The van der Waals surface area contributed by atoms with E-state index in [9.17, 15) is 0 Å². The molecule has 1 rings (SSSR count). The lowest BCUT2D eigenvalue weighted by Crippen LogP contribution is -2.21. The fourth-order valence-electron chi connectivity index (χ4n) is 2.34. The second kappa shape index (κ2) is 9.82. The maximum Gasteiger partial charge on any atom is 0.0366 e. The van der Waals surface area contributed by atoms with Gasteiger partial charge >= 0.3 is 0 Å². The van der Waals surface area contributed by atoms with E-state index in [4.69, 9.17) is 0 Å². The van der Waals surface area contributed by atoms with Crippen molar-refractivity contribution in [3.05, 3.63) is 29.8 Å². The van der Waals surface area contributed by atoms with Crippen molar-refractivity contribution in [2.75, 3.05) is 31.6 Å². The number of nitrogens with one attached hydrogen (secondary N) is 1. The van der Waals surface area contributed by atoms with Gasteiger partial charge in [0, 0.05) is 19.3 Å². The summed E-state index contributed by atoms with van der Waals surface area (Å²) in [6.07, 6.45) is 5.27. The van der Waals surface area contributed by atoms with Crippen molar-refractivity contribution >= 4 is 5.69 Å². The summed E-state index contributed by atoms with van der Waals surface area (Å²) in [5, 5.41) is 3.51. The lowest BCUT2D eigenvalue weighted by molar-refractivity contribution is 0.526. The first kappa shape index (κ1) is 17.0. The summed E-state index contributed by atoms with van der Waals surface area (Å²) in [7, 11) is 2.19. The number of unbranched alkanes of at least 4 members (excludes halogenated alkanes) is 3. The number of hydrogen-bond acceptors (Lipinski definition) is 2. The average Bonchev–Trinajstić information content (AvgIpc) is 2.41. The van der Waals surface area contributed by atoms with Gasteiger partial charge in [-0.25, -0.2) is 0 Å². The van der Waals surface area contributed by atoms with Crippen LogP contribution in [0, 0.1) is 12.8 Å². The summed E-state index contributed by atoms with van der Waals surface area (Å²) in [5.74, 6) is 0.762. The van der Waals surface area contributed by atoms with Gasteiger partial charge in [-0.1, -0.05) is 38.8 Å². The Morgan fingerprint density at radius 3 is 2.55 bits per heavy atom. The Hall–Kier alpha value is -1.02. The van der Waals surface area contributed by atoms with Crippen molar-refractivity contribution in [3.63, 3.8) is 0 Å². The molecule has 0 bridgehead atoms. The lowest BCUT2D eigenvalue weighted by atomic mass is 10.1. The summed E-state index contributed by atoms with van der Waals surface area (Å²) in [6, 6.07) is 8.75. The zero-order chi connectivity index (χ0) is 14.8. The Morgan fingerprint density at radius 1 is 1.10 bits per heavy atom. The molecule has 2 heteroatoms. The Labute approximate surface area is 125 Å². The molecule has 0 aliphatic carbocycles. The summed E-state index contributed by atoms with van der Waals surface area (Å²) in [6.45, 7) is 10.1. The summed E-state index contributed by atoms with van der Waals surface area (Å²) in [4.78, 5) is 2.37. The molecule has 0 atom stereocenters. The fourth-order valence-corrected chi connectivity index (χ4v) is 2.34. The topological polar surface area (TPSA) is 15.3 Å². The van der Waals surface area contributed by atoms with Gasteiger partial charge in [0.05, 0.1) is 0 Å². The van der Waals surface area contributed by atoms with Gasteiger partial charge in [0.15, 0.2) is 0 Å². The quantitative estimate of drug-likeness (QED) is 0.643. The van der Waals surface area contributed by atoms with E-state index in [1.54, 1.807) is 0 Å². The van der Waals surface area contributed by atoms with Crippen molar-refractivity contribution < 1.29 is 0 Å². The fraction of sp³-hybridized carbons (Fsp3) is 0.667. The molecule has 2 nitrogen and oxygen atoms in total. The highest BCUT2D eigenvalue weighted by Crippen LogP contribution is 2.15. The first-order valence-corrected chi connectivity index (χ1v) is 8.08. The molecule has 0 saturated carbocycles. The average molecular weight is 276 g/mol. The summed E-state index contributed by atoms with van der Waals surface area (Å²) in [5.41, 5.74) is 2.68. The van der Waals surface area contributed by atoms with E-state index in [1.165, 1.54) is 43.5 Å². The van der Waals surface area contributed by atoms with Crippen molar-refractivity contribution in [3.8, 4) is 0 Å². The number of nitrogens with zero attached hydrogens (tertiary/aromatic N) is 1. The first-order chi connectivity index (χ1) is 9.59. The molecule has 0 amide bonds. The Balaban J connectivity index is 2.04. The first-order valence-electron chi connectivity index (χ1n) is 8.08. The van der Waals surface area contributed by atoms with Crippen LogP contribution in [-0.4, -0.2) is 26.7 Å². The molecule has 0 aromatic heterocycles. The molecule has 0 radical (unpaired) electrons. The molecule has 0 heterocycles. The third-order valence-corrected chi connectivity index (χ3v) is 3.59. The number of anilines is 1. The van der Waals surface area contributed by atoms with Crippen LogP contribution in [0.15, 0.2) is 24.3 Å². The van der Waals surface area contributed by atoms with Gasteiger partial charge in [0.25, 0.3) is 0 Å². The normalized spacial score (nSPS) is 11.1. The summed E-state index contributed by atoms with van der Waals surface area (Å²) >= 11 is 0. The minimum Gasteiger partial charge on any atom is -0.375 e. The molecule has 1 N–H and O–H groups in total. The van der Waals surface area contributed by atoms with Crippen LogP contribution in [0.1, 0.15) is 45.1 Å². The molecule has 114 valence electrons. The number of rotatable bonds is 10. The number of benzene rings is 1. The molecular weight excluding hydrogens is 244 g/mol. The van der Waals surface area contributed by atoms with Crippen LogP contribution in [-0.2, 0) is 0 Å². The van der Waals surface area contributed by atoms with Crippen LogP contribution in [0.5, 0.6) is 0 Å². The predicted octanol–water partition coefficient (Wildman–Crippen LogP) is 4.24. The molecule has 1 aromatic rings. The molecule has 20 heavy (non-hydrogen) atoms. The Kier molecular flexibility index (Phi) is 8.36. The second-order valence-corrected chi connectivity index (χ2v) is 6.27. The van der Waals surface area contributed by atoms with Crippen LogP contribution in [0.4, 0.5) is 5.69 Å². The lowest BCUT2D eigenvalue weighted by Gasteiger charge is -2.19. The molecule has 0 unspecified atom stereocenters. The monoisotopic (exact) mass is 276 g/mol. The van der Waals surface area contributed by atoms with Gasteiger partial charge in [0.1, 0.15) is 0 Å². The van der Waals surface area contributed by atoms with Gasteiger partial charge < -0.3 is 10.2 Å². The molecule has 0 saturated heterocycles. The highest BCUT2D eigenvalue weighted by Gasteiger charge is 2.00. The van der Waals surface area contributed by atoms with Gasteiger partial charge in [-0.2, -0.15) is 0 Å². The van der Waals surface area contributed by atoms with Crippen LogP contribution < -0.4 is 10.2 Å². The standard InChI is InChI=1S/C18H32N2/c1-16(2)15-19-12-7-5-6-8-13-20(4)18-11-9-10-17(3)14-18/h9-11,14,16,19H,5-8,12-13,15H2,1-4H3. The zero-order valence-electron chi connectivity index (χ0n) is 13.8. The van der Waals surface area contributed by atoms with Gasteiger partial charge in [-0.3, -0.25) is 0 Å². The maximum atomic E-state index is 3.51. The van der Waals surface area contributed by atoms with E-state index in [1.807, 2.05) is 0 Å². The molecule has 0 fully saturated rings. The van der Waals surface area contributed by atoms with E-state index in [0.29, 0.717) is 0 Å². The van der Waals surface area contributed by atoms with Crippen molar-refractivity contribution in [2.24, 2.45) is 5.92 Å². The van der Waals surface area contributed by atoms with Crippen LogP contribution in [0.2, 0.25) is 0 Å². The molecule has 0 aliphatic rings. The van der Waals surface area contributed by atoms with E-state index >= 15 is 0 Å². The zero-order valence-corrected chi connectivity index (χ0v) is 13.8. The number of hydrogen-bond donors (Lipinski definition) is 1. The minimum atomic E-state index is 0.762. The highest BCUT2D eigenvalue weighted by molar-refractivity contribution is 5.47. The van der Waals surface area contributed by atoms with E-state index < -0.39 is 0 Å². The van der Waals surface area contributed by atoms with Crippen LogP contribution in [0.25, 0.3) is 0 Å². The molecule has 0 aliphatic heterocycles. The Morgan fingerprint density at radius 2 is 1.85 bits per heavy atom. The van der Waals surface area contributed by atoms with Crippen molar-refractivity contribution in [2.45, 2.75) is 46.5 Å². The van der Waals surface area contributed by atoms with Crippen LogP contribution in [0.3, 0.4) is 0 Å². The number of aryl methyl sites for hydroxylation is 1. The van der Waals surface area contributed by atoms with Gasteiger partial charge in [-0.05, 0) is 56.5 Å². The minimum absolute atomic E-state index is 0.762. The second-order valence-electron chi connectivity index (χ2n) is 6.27. The summed E-state index contributed by atoms with van der Waals surface area (Å²) < 4.78 is 0. The molecule has 0 spiro atoms. The third kappa shape index (κ3) is 7.54. The van der Waals surface area contributed by atoms with E-state index in [0.717, 1.165) is 19.0 Å². The highest BCUT2D eigenvalue weighted by atomic mass is 15.1. The SMILES string of the molecule is Cc1cccc(N(C)CCCCCCNCC(C)C)c1. The van der Waals surface area contributed by atoms with Crippen molar-refractivity contribution in [1.29, 1.82) is 0 Å².